The lowest BCUT2D eigenvalue weighted by Gasteiger charge is -2.46. The molecule has 3 aromatic carbocycles. The second-order valence-corrected chi connectivity index (χ2v) is 17.9. The van der Waals surface area contributed by atoms with E-state index in [9.17, 15) is 14.7 Å². The fourth-order valence-electron chi connectivity index (χ4n) is 6.41. The molecular weight excluding hydrogens is 627 g/mol. The summed E-state index contributed by atoms with van der Waals surface area (Å²) in [6.07, 6.45) is 16.6. The van der Waals surface area contributed by atoms with Gasteiger partial charge in [0.25, 0.3) is 8.32 Å². The van der Waals surface area contributed by atoms with Crippen LogP contribution in [0.5, 0.6) is 5.75 Å². The number of aromatic hydroxyl groups is 1. The fourth-order valence-corrected chi connectivity index (χ4v) is 11.2. The van der Waals surface area contributed by atoms with Crippen LogP contribution in [0, 0.1) is 5.92 Å². The molecule has 1 heterocycles. The maximum Gasteiger partial charge on any atom is 0.342 e. The molecule has 49 heavy (non-hydrogen) atoms. The van der Waals surface area contributed by atoms with E-state index < -0.39 is 20.4 Å². The Morgan fingerprint density at radius 2 is 1.63 bits per heavy atom. The molecule has 258 valence electrons. The molecule has 1 aliphatic heterocycles. The van der Waals surface area contributed by atoms with Crippen molar-refractivity contribution in [1.82, 2.24) is 5.32 Å². The standard InChI is InChI=1S/C42H51NO5Si/c1-6-7-8-15-29-39(45)43-30-19-23-34-31-38(32(2)20-16-17-21-33-22-18-28-37(44)40(33)41(46)47-34)48-49(42(3,4)5,35-24-11-9-12-25-35)36-26-13-10-14-27-36/h7-19,22,24-30,32,34,38,44H,6,20-21,23,31H2,1-5H3,(H,43,45)/b8-7-,17-16+,29-15-,30-19+/t32-,34-,38?/m1/s1. The second-order valence-electron chi connectivity index (χ2n) is 13.6. The third kappa shape index (κ3) is 9.80. The molecule has 1 unspecified atom stereocenters. The lowest BCUT2D eigenvalue weighted by Crippen LogP contribution is -2.68. The molecule has 1 amide bonds. The van der Waals surface area contributed by atoms with Crippen molar-refractivity contribution in [3.8, 4) is 5.75 Å². The van der Waals surface area contributed by atoms with Crippen molar-refractivity contribution < 1.29 is 23.9 Å². The van der Waals surface area contributed by atoms with Gasteiger partial charge in [-0.1, -0.05) is 144 Å². The number of esters is 1. The number of carbonyl (C=O) groups excluding carboxylic acids is 2. The number of hydrogen-bond acceptors (Lipinski definition) is 5. The Morgan fingerprint density at radius 1 is 0.959 bits per heavy atom. The third-order valence-corrected chi connectivity index (χ3v) is 14.0. The van der Waals surface area contributed by atoms with Gasteiger partial charge in [-0.25, -0.2) is 4.79 Å². The molecule has 4 rings (SSSR count). The first-order valence-electron chi connectivity index (χ1n) is 17.3. The van der Waals surface area contributed by atoms with Crippen LogP contribution < -0.4 is 15.7 Å². The van der Waals surface area contributed by atoms with E-state index in [4.69, 9.17) is 9.16 Å². The molecule has 0 bridgehead atoms. The molecule has 0 aliphatic carbocycles. The molecule has 3 atom stereocenters. The smallest absolute Gasteiger partial charge is 0.342 e. The molecule has 3 aromatic rings. The number of allylic oxidation sites excluding steroid dienone is 5. The average molecular weight is 678 g/mol. The van der Waals surface area contributed by atoms with Gasteiger partial charge >= 0.3 is 5.97 Å². The van der Waals surface area contributed by atoms with Crippen LogP contribution in [0.4, 0.5) is 0 Å². The van der Waals surface area contributed by atoms with Crippen LogP contribution in [-0.4, -0.2) is 37.5 Å². The van der Waals surface area contributed by atoms with E-state index in [-0.39, 0.29) is 34.3 Å². The van der Waals surface area contributed by atoms with Gasteiger partial charge in [-0.15, -0.1) is 0 Å². The van der Waals surface area contributed by atoms with Crippen LogP contribution in [0.1, 0.15) is 76.2 Å². The lowest BCUT2D eigenvalue weighted by atomic mass is 9.93. The first kappa shape index (κ1) is 37.4. The van der Waals surface area contributed by atoms with Gasteiger partial charge in [0.05, 0.1) is 6.10 Å². The number of amides is 1. The Bertz CT molecular complexity index is 1600. The number of rotatable bonds is 10. The minimum atomic E-state index is -2.95. The minimum absolute atomic E-state index is 0.0900. The summed E-state index contributed by atoms with van der Waals surface area (Å²) >= 11 is 0. The Morgan fingerprint density at radius 3 is 2.27 bits per heavy atom. The van der Waals surface area contributed by atoms with E-state index in [2.05, 4.69) is 93.7 Å². The molecule has 0 saturated heterocycles. The monoisotopic (exact) mass is 677 g/mol. The normalized spacial score (nSPS) is 20.0. The van der Waals surface area contributed by atoms with Gasteiger partial charge < -0.3 is 19.6 Å². The van der Waals surface area contributed by atoms with E-state index >= 15 is 0 Å². The number of ether oxygens (including phenoxy) is 1. The summed E-state index contributed by atoms with van der Waals surface area (Å²) in [5, 5.41) is 15.7. The summed E-state index contributed by atoms with van der Waals surface area (Å²) in [7, 11) is -2.95. The van der Waals surface area contributed by atoms with Gasteiger partial charge in [0, 0.05) is 25.1 Å². The number of cyclic esters (lactones) is 1. The summed E-state index contributed by atoms with van der Waals surface area (Å²) < 4.78 is 13.9. The Hall–Kier alpha value is -4.46. The maximum absolute atomic E-state index is 13.8. The quantitative estimate of drug-likeness (QED) is 0.0749. The molecule has 6 nitrogen and oxygen atoms in total. The number of hydrogen-bond donors (Lipinski definition) is 2. The van der Waals surface area contributed by atoms with Crippen molar-refractivity contribution in [3.05, 3.63) is 139 Å². The summed E-state index contributed by atoms with van der Waals surface area (Å²) in [5.41, 5.74) is 0.887. The minimum Gasteiger partial charge on any atom is -0.507 e. The fraction of sp³-hybridized carbons (Fsp3) is 0.333. The Kier molecular flexibility index (Phi) is 13.6. The van der Waals surface area contributed by atoms with Gasteiger partial charge in [0.2, 0.25) is 5.91 Å². The highest BCUT2D eigenvalue weighted by molar-refractivity contribution is 6.99. The van der Waals surface area contributed by atoms with Crippen molar-refractivity contribution >= 4 is 30.6 Å². The molecule has 0 radical (unpaired) electrons. The van der Waals surface area contributed by atoms with Crippen LogP contribution >= 0.6 is 0 Å². The van der Waals surface area contributed by atoms with Crippen LogP contribution in [0.15, 0.2) is 128 Å². The predicted molar refractivity (Wildman–Crippen MR) is 202 cm³/mol. The first-order chi connectivity index (χ1) is 23.6. The number of fused-ring (bicyclic) bond motifs is 1. The predicted octanol–water partition coefficient (Wildman–Crippen LogP) is 7.93. The lowest BCUT2D eigenvalue weighted by molar-refractivity contribution is -0.115. The van der Waals surface area contributed by atoms with Gasteiger partial charge in [-0.3, -0.25) is 4.79 Å². The molecule has 0 fully saturated rings. The number of benzene rings is 3. The molecule has 1 aliphatic rings. The highest BCUT2D eigenvalue weighted by Crippen LogP contribution is 2.40. The largest absolute Gasteiger partial charge is 0.507 e. The zero-order valence-corrected chi connectivity index (χ0v) is 30.5. The van der Waals surface area contributed by atoms with Crippen LogP contribution in [-0.2, 0) is 20.4 Å². The van der Waals surface area contributed by atoms with Gasteiger partial charge in [-0.2, -0.15) is 0 Å². The van der Waals surface area contributed by atoms with Gasteiger partial charge in [0.1, 0.15) is 17.4 Å². The van der Waals surface area contributed by atoms with Crippen LogP contribution in [0.25, 0.3) is 0 Å². The molecule has 0 spiro atoms. The van der Waals surface area contributed by atoms with Crippen molar-refractivity contribution in [3.63, 3.8) is 0 Å². The number of phenolic OH excluding ortho intramolecular Hbond substituents is 1. The van der Waals surface area contributed by atoms with Crippen molar-refractivity contribution in [2.75, 3.05) is 0 Å². The zero-order valence-electron chi connectivity index (χ0n) is 29.5. The molecule has 2 N–H and O–H groups in total. The molecule has 7 heteroatoms. The Labute approximate surface area is 293 Å². The third-order valence-electron chi connectivity index (χ3n) is 8.97. The summed E-state index contributed by atoms with van der Waals surface area (Å²) in [6.45, 7) is 11.0. The average Bonchev–Trinajstić information content (AvgIpc) is 3.08. The zero-order chi connectivity index (χ0) is 35.3. The molecule has 0 aromatic heterocycles. The summed E-state index contributed by atoms with van der Waals surface area (Å²) in [6, 6.07) is 26.2. The highest BCUT2D eigenvalue weighted by Gasteiger charge is 2.52. The van der Waals surface area contributed by atoms with E-state index in [0.29, 0.717) is 24.8 Å². The van der Waals surface area contributed by atoms with E-state index in [1.807, 2.05) is 43.4 Å². The molecular formula is C42H51NO5Si. The van der Waals surface area contributed by atoms with Gasteiger partial charge in [-0.05, 0) is 52.2 Å². The van der Waals surface area contributed by atoms with Crippen LogP contribution in [0.3, 0.4) is 0 Å². The van der Waals surface area contributed by atoms with Gasteiger partial charge in [0.15, 0.2) is 0 Å². The van der Waals surface area contributed by atoms with E-state index in [1.165, 1.54) is 22.5 Å². The van der Waals surface area contributed by atoms with E-state index in [0.717, 1.165) is 12.8 Å². The van der Waals surface area contributed by atoms with Crippen molar-refractivity contribution in [2.45, 2.75) is 84.0 Å². The first-order valence-corrected chi connectivity index (χ1v) is 19.2. The number of nitrogens with one attached hydrogen (secondary N) is 1. The van der Waals surface area contributed by atoms with E-state index in [1.54, 1.807) is 18.3 Å². The SMILES string of the molecule is CC/C=C\C=C/C(=O)N/C=C/C[C@@H]1CC(O[Si](c2ccccc2)(c2ccccc2)C(C)(C)C)[C@H](C)C/C=C/Cc2cccc(O)c2C(=O)O1. The summed E-state index contributed by atoms with van der Waals surface area (Å²) in [5.74, 6) is -0.842. The maximum atomic E-state index is 13.8. The van der Waals surface area contributed by atoms with Crippen molar-refractivity contribution in [2.24, 2.45) is 5.92 Å². The highest BCUT2D eigenvalue weighted by atomic mass is 28.4. The number of carbonyl (C=O) groups is 2. The number of phenols is 1. The van der Waals surface area contributed by atoms with Crippen LogP contribution in [0.2, 0.25) is 5.04 Å². The Balaban J connectivity index is 1.74. The van der Waals surface area contributed by atoms with Crippen molar-refractivity contribution in [1.29, 1.82) is 0 Å². The molecule has 0 saturated carbocycles. The summed E-state index contributed by atoms with van der Waals surface area (Å²) in [4.78, 5) is 26.1. The second kappa shape index (κ2) is 17.8. The topological polar surface area (TPSA) is 84.9 Å².